The lowest BCUT2D eigenvalue weighted by Gasteiger charge is -2.29. The molecule has 1 aliphatic rings. The number of amides is 1. The molecular formula is C19H18N4O2. The van der Waals surface area contributed by atoms with Crippen molar-refractivity contribution in [3.8, 4) is 11.8 Å². The van der Waals surface area contributed by atoms with Crippen LogP contribution < -0.4 is 9.64 Å². The Morgan fingerprint density at radius 3 is 3.00 bits per heavy atom. The van der Waals surface area contributed by atoms with E-state index in [4.69, 9.17) is 15.4 Å². The molecule has 6 heteroatoms. The second-order valence-electron chi connectivity index (χ2n) is 5.91. The van der Waals surface area contributed by atoms with Crippen molar-refractivity contribution in [1.29, 1.82) is 10.7 Å². The van der Waals surface area contributed by atoms with Gasteiger partial charge >= 0.3 is 0 Å². The number of rotatable bonds is 4. The molecular weight excluding hydrogens is 316 g/mol. The zero-order valence-electron chi connectivity index (χ0n) is 13.9. The van der Waals surface area contributed by atoms with Crippen molar-refractivity contribution < 1.29 is 9.53 Å². The summed E-state index contributed by atoms with van der Waals surface area (Å²) < 4.78 is 5.56. The second kappa shape index (κ2) is 7.14. The van der Waals surface area contributed by atoms with E-state index in [1.54, 1.807) is 17.2 Å². The van der Waals surface area contributed by atoms with Gasteiger partial charge in [-0.3, -0.25) is 10.2 Å². The number of pyridine rings is 1. The fourth-order valence-corrected chi connectivity index (χ4v) is 2.96. The Hall–Kier alpha value is -3.20. The SMILES string of the molecule is CC(CC(=N)C(=O)N1CCOc2ccccc21)c1cccnc1C#N. The number of benzene rings is 1. The van der Waals surface area contributed by atoms with Gasteiger partial charge < -0.3 is 9.64 Å². The second-order valence-corrected chi connectivity index (χ2v) is 5.91. The van der Waals surface area contributed by atoms with Gasteiger partial charge in [-0.05, 0) is 29.7 Å². The minimum absolute atomic E-state index is 0.0111. The zero-order chi connectivity index (χ0) is 17.8. The number of aromatic nitrogens is 1. The molecule has 1 amide bonds. The predicted molar refractivity (Wildman–Crippen MR) is 94.0 cm³/mol. The van der Waals surface area contributed by atoms with Gasteiger partial charge in [0.2, 0.25) is 0 Å². The monoisotopic (exact) mass is 334 g/mol. The predicted octanol–water partition coefficient (Wildman–Crippen LogP) is 2.89. The van der Waals surface area contributed by atoms with Crippen LogP contribution in [-0.4, -0.2) is 29.8 Å². The molecule has 1 aromatic heterocycles. The van der Waals surface area contributed by atoms with Gasteiger partial charge in [0.25, 0.3) is 5.91 Å². The molecule has 1 N–H and O–H groups in total. The Balaban J connectivity index is 1.76. The molecule has 2 aromatic rings. The molecule has 2 heterocycles. The number of carbonyl (C=O) groups excluding carboxylic acids is 1. The van der Waals surface area contributed by atoms with E-state index in [2.05, 4.69) is 11.1 Å². The van der Waals surface area contributed by atoms with Gasteiger partial charge in [-0.2, -0.15) is 5.26 Å². The highest BCUT2D eigenvalue weighted by atomic mass is 16.5. The van der Waals surface area contributed by atoms with Crippen LogP contribution in [0.3, 0.4) is 0 Å². The van der Waals surface area contributed by atoms with Gasteiger partial charge in [0.05, 0.1) is 17.9 Å². The van der Waals surface area contributed by atoms with Crippen molar-refractivity contribution in [2.24, 2.45) is 0 Å². The van der Waals surface area contributed by atoms with Crippen LogP contribution in [0.15, 0.2) is 42.6 Å². The number of nitrogens with zero attached hydrogens (tertiary/aromatic N) is 3. The van der Waals surface area contributed by atoms with E-state index in [0.717, 1.165) is 5.56 Å². The van der Waals surface area contributed by atoms with Crippen LogP contribution >= 0.6 is 0 Å². The Kier molecular flexibility index (Phi) is 4.75. The molecule has 1 aromatic carbocycles. The zero-order valence-corrected chi connectivity index (χ0v) is 13.9. The normalized spacial score (nSPS) is 14.0. The molecule has 6 nitrogen and oxygen atoms in total. The number of hydrogen-bond donors (Lipinski definition) is 1. The van der Waals surface area contributed by atoms with Gasteiger partial charge in [0.1, 0.15) is 24.1 Å². The van der Waals surface area contributed by atoms with Crippen LogP contribution in [-0.2, 0) is 4.79 Å². The summed E-state index contributed by atoms with van der Waals surface area (Å²) in [7, 11) is 0. The fraction of sp³-hybridized carbons (Fsp3) is 0.263. The summed E-state index contributed by atoms with van der Waals surface area (Å²) in [5, 5.41) is 17.4. The third-order valence-electron chi connectivity index (χ3n) is 4.22. The summed E-state index contributed by atoms with van der Waals surface area (Å²) in [6.45, 7) is 2.72. The Morgan fingerprint density at radius 1 is 1.40 bits per heavy atom. The molecule has 0 saturated carbocycles. The molecule has 126 valence electrons. The molecule has 3 rings (SSSR count). The molecule has 0 aliphatic carbocycles. The maximum Gasteiger partial charge on any atom is 0.272 e. The molecule has 1 unspecified atom stereocenters. The number of anilines is 1. The van der Waals surface area contributed by atoms with E-state index >= 15 is 0 Å². The quantitative estimate of drug-likeness (QED) is 0.871. The molecule has 0 saturated heterocycles. The highest BCUT2D eigenvalue weighted by Crippen LogP contribution is 2.31. The number of hydrogen-bond acceptors (Lipinski definition) is 5. The van der Waals surface area contributed by atoms with Gasteiger partial charge in [-0.1, -0.05) is 25.1 Å². The van der Waals surface area contributed by atoms with Crippen molar-refractivity contribution in [2.75, 3.05) is 18.1 Å². The Bertz CT molecular complexity index is 856. The van der Waals surface area contributed by atoms with Crippen LogP contribution in [0.1, 0.15) is 30.5 Å². The van der Waals surface area contributed by atoms with Crippen LogP contribution in [0.2, 0.25) is 0 Å². The van der Waals surface area contributed by atoms with Crippen molar-refractivity contribution in [1.82, 2.24) is 4.98 Å². The van der Waals surface area contributed by atoms with Crippen molar-refractivity contribution >= 4 is 17.3 Å². The van der Waals surface area contributed by atoms with E-state index in [-0.39, 0.29) is 24.0 Å². The summed E-state index contributed by atoms with van der Waals surface area (Å²) in [6.07, 6.45) is 1.81. The highest BCUT2D eigenvalue weighted by Gasteiger charge is 2.27. The molecule has 1 aliphatic heterocycles. The van der Waals surface area contributed by atoms with Crippen LogP contribution in [0, 0.1) is 16.7 Å². The van der Waals surface area contributed by atoms with E-state index in [1.807, 2.05) is 37.3 Å². The fourth-order valence-electron chi connectivity index (χ4n) is 2.96. The number of fused-ring (bicyclic) bond motifs is 1. The summed E-state index contributed by atoms with van der Waals surface area (Å²) in [4.78, 5) is 18.4. The van der Waals surface area contributed by atoms with Crippen LogP contribution in [0.4, 0.5) is 5.69 Å². The van der Waals surface area contributed by atoms with Gasteiger partial charge in [-0.25, -0.2) is 4.98 Å². The number of para-hydroxylation sites is 2. The number of ether oxygens (including phenoxy) is 1. The van der Waals surface area contributed by atoms with Crippen molar-refractivity contribution in [3.63, 3.8) is 0 Å². The van der Waals surface area contributed by atoms with E-state index in [1.165, 1.54) is 0 Å². The average Bonchev–Trinajstić information content (AvgIpc) is 2.66. The van der Waals surface area contributed by atoms with Crippen LogP contribution in [0.25, 0.3) is 0 Å². The third-order valence-corrected chi connectivity index (χ3v) is 4.22. The van der Waals surface area contributed by atoms with E-state index < -0.39 is 0 Å². The number of carbonyl (C=O) groups is 1. The first-order chi connectivity index (χ1) is 12.1. The average molecular weight is 334 g/mol. The lowest BCUT2D eigenvalue weighted by atomic mass is 9.93. The topological polar surface area (TPSA) is 90.1 Å². The van der Waals surface area contributed by atoms with Crippen LogP contribution in [0.5, 0.6) is 5.75 Å². The van der Waals surface area contributed by atoms with Gasteiger partial charge in [-0.15, -0.1) is 0 Å². The third kappa shape index (κ3) is 3.36. The first-order valence-electron chi connectivity index (χ1n) is 8.08. The maximum absolute atomic E-state index is 12.7. The first-order valence-corrected chi connectivity index (χ1v) is 8.08. The molecule has 0 radical (unpaired) electrons. The molecule has 0 bridgehead atoms. The van der Waals surface area contributed by atoms with Gasteiger partial charge in [0.15, 0.2) is 0 Å². The lowest BCUT2D eigenvalue weighted by molar-refractivity contribution is -0.113. The Labute approximate surface area is 146 Å². The molecule has 0 fully saturated rings. The van der Waals surface area contributed by atoms with Crippen molar-refractivity contribution in [3.05, 3.63) is 53.9 Å². The molecule has 0 spiro atoms. The maximum atomic E-state index is 12.7. The minimum Gasteiger partial charge on any atom is -0.490 e. The standard InChI is InChI=1S/C19H18N4O2/c1-13(14-5-4-8-22-16(14)12-20)11-15(21)19(24)23-9-10-25-18-7-3-2-6-17(18)23/h2-8,13,21H,9-11H2,1H3. The van der Waals surface area contributed by atoms with E-state index in [0.29, 0.717) is 30.3 Å². The number of nitrogens with one attached hydrogen (secondary N) is 1. The van der Waals surface area contributed by atoms with E-state index in [9.17, 15) is 4.79 Å². The molecule has 25 heavy (non-hydrogen) atoms. The first kappa shape index (κ1) is 16.7. The largest absolute Gasteiger partial charge is 0.490 e. The highest BCUT2D eigenvalue weighted by molar-refractivity contribution is 6.42. The summed E-state index contributed by atoms with van der Waals surface area (Å²) in [6, 6.07) is 13.0. The van der Waals surface area contributed by atoms with Gasteiger partial charge in [0, 0.05) is 12.6 Å². The minimum atomic E-state index is -0.329. The lowest BCUT2D eigenvalue weighted by Crippen LogP contribution is -2.42. The summed E-state index contributed by atoms with van der Waals surface area (Å²) in [5.41, 5.74) is 1.80. The summed E-state index contributed by atoms with van der Waals surface area (Å²) >= 11 is 0. The molecule has 1 atom stereocenters. The van der Waals surface area contributed by atoms with Crippen molar-refractivity contribution in [2.45, 2.75) is 19.3 Å². The number of nitriles is 1. The Morgan fingerprint density at radius 2 is 2.20 bits per heavy atom. The summed E-state index contributed by atoms with van der Waals surface area (Å²) in [5.74, 6) is 0.183. The smallest absolute Gasteiger partial charge is 0.272 e.